The molecular formula is C21H15Cl2F2N2OS2+. The molecule has 0 spiro atoms. The van der Waals surface area contributed by atoms with Gasteiger partial charge in [0.25, 0.3) is 11.5 Å². The maximum Gasteiger partial charge on any atom is 0.288 e. The van der Waals surface area contributed by atoms with E-state index in [4.69, 9.17) is 35.4 Å². The monoisotopic (exact) mass is 483 g/mol. The van der Waals surface area contributed by atoms with Crippen molar-refractivity contribution >= 4 is 69.3 Å². The quantitative estimate of drug-likeness (QED) is 0.131. The Hall–Kier alpha value is -2.19. The summed E-state index contributed by atoms with van der Waals surface area (Å²) in [4.78, 5) is 0.664. The molecule has 3 nitrogen and oxygen atoms in total. The molecule has 0 radical (unpaired) electrons. The van der Waals surface area contributed by atoms with Gasteiger partial charge in [0.2, 0.25) is 0 Å². The van der Waals surface area contributed by atoms with E-state index in [1.54, 1.807) is 71.6 Å². The van der Waals surface area contributed by atoms with Gasteiger partial charge in [0.15, 0.2) is 23.1 Å². The van der Waals surface area contributed by atoms with Crippen molar-refractivity contribution in [1.29, 1.82) is 0 Å². The minimum absolute atomic E-state index is 0.104. The average Bonchev–Trinajstić information content (AvgIpc) is 2.72. The Morgan fingerprint density at radius 1 is 1.00 bits per heavy atom. The van der Waals surface area contributed by atoms with Crippen molar-refractivity contribution in [1.82, 2.24) is 0 Å². The van der Waals surface area contributed by atoms with Gasteiger partial charge in [-0.15, -0.1) is 0 Å². The minimum atomic E-state index is -2.49. The van der Waals surface area contributed by atoms with Crippen molar-refractivity contribution in [2.24, 2.45) is 0 Å². The van der Waals surface area contributed by atoms with Crippen molar-refractivity contribution in [3.63, 3.8) is 0 Å². The van der Waals surface area contributed by atoms with E-state index in [1.807, 2.05) is 6.07 Å². The number of hydrogen-bond acceptors (Lipinski definition) is 3. The van der Waals surface area contributed by atoms with Gasteiger partial charge >= 0.3 is 0 Å². The van der Waals surface area contributed by atoms with Gasteiger partial charge < -0.3 is 10.4 Å². The Labute approximate surface area is 192 Å². The van der Waals surface area contributed by atoms with Crippen LogP contribution in [0.2, 0.25) is 10.0 Å². The van der Waals surface area contributed by atoms with Crippen LogP contribution < -0.4 is 9.88 Å². The van der Waals surface area contributed by atoms with Gasteiger partial charge in [0.05, 0.1) is 10.0 Å². The zero-order chi connectivity index (χ0) is 21.7. The smallest absolute Gasteiger partial charge is 0.288 e. The third-order valence-electron chi connectivity index (χ3n) is 3.94. The Bertz CT molecular complexity index is 1080. The molecule has 0 aliphatic heterocycles. The Kier molecular flexibility index (Phi) is 7.66. The highest BCUT2D eigenvalue weighted by molar-refractivity contribution is 7.99. The number of benzene rings is 2. The fraction of sp³-hybridized carbons (Fsp3) is 0.0476. The zero-order valence-corrected chi connectivity index (χ0v) is 18.4. The number of aromatic nitrogens is 1. The summed E-state index contributed by atoms with van der Waals surface area (Å²) in [7, 11) is 0. The predicted molar refractivity (Wildman–Crippen MR) is 123 cm³/mol. The van der Waals surface area contributed by atoms with Gasteiger partial charge in [-0.3, -0.25) is 0 Å². The summed E-state index contributed by atoms with van der Waals surface area (Å²) >= 11 is 18.1. The van der Waals surface area contributed by atoms with Gasteiger partial charge in [0, 0.05) is 28.3 Å². The second kappa shape index (κ2) is 10.2. The van der Waals surface area contributed by atoms with E-state index in [0.29, 0.717) is 43.7 Å². The zero-order valence-electron chi connectivity index (χ0n) is 15.2. The van der Waals surface area contributed by atoms with Crippen LogP contribution in [0.4, 0.5) is 14.5 Å². The van der Waals surface area contributed by atoms with Crippen LogP contribution in [0, 0.1) is 0 Å². The first-order valence-electron chi connectivity index (χ1n) is 8.56. The van der Waals surface area contributed by atoms with E-state index >= 15 is 0 Å². The van der Waals surface area contributed by atoms with Gasteiger partial charge in [-0.25, -0.2) is 0 Å². The number of nitrogens with zero attached hydrogens (tertiary/aromatic N) is 1. The highest BCUT2D eigenvalue weighted by Crippen LogP contribution is 2.28. The number of alkyl halides is 2. The summed E-state index contributed by atoms with van der Waals surface area (Å²) < 4.78 is 26.7. The van der Waals surface area contributed by atoms with Crippen LogP contribution in [0.1, 0.15) is 5.56 Å². The number of anilines is 1. The fourth-order valence-electron chi connectivity index (χ4n) is 2.58. The van der Waals surface area contributed by atoms with Crippen LogP contribution in [-0.2, 0) is 0 Å². The Balaban J connectivity index is 1.96. The lowest BCUT2D eigenvalue weighted by atomic mass is 10.1. The molecule has 0 saturated carbocycles. The van der Waals surface area contributed by atoms with E-state index in [1.165, 1.54) is 0 Å². The molecule has 0 unspecified atom stereocenters. The van der Waals surface area contributed by atoms with Crippen LogP contribution in [0.25, 0.3) is 11.5 Å². The highest BCUT2D eigenvalue weighted by Gasteiger charge is 2.24. The number of thioether (sulfide) groups is 1. The van der Waals surface area contributed by atoms with Crippen molar-refractivity contribution in [2.45, 2.75) is 10.7 Å². The van der Waals surface area contributed by atoms with Gasteiger partial charge in [0.1, 0.15) is 0 Å². The molecule has 9 heteroatoms. The number of thiocarbonyl (C=S) groups is 1. The molecule has 1 heterocycles. The molecule has 0 saturated heterocycles. The molecule has 30 heavy (non-hydrogen) atoms. The molecule has 3 aromatic rings. The minimum Gasteiger partial charge on any atom is -0.502 e. The van der Waals surface area contributed by atoms with Crippen molar-refractivity contribution < 1.29 is 18.5 Å². The number of nitrogens with one attached hydrogen (secondary N) is 1. The first-order chi connectivity index (χ1) is 14.3. The van der Waals surface area contributed by atoms with Gasteiger partial charge in [-0.05, 0) is 42.5 Å². The largest absolute Gasteiger partial charge is 0.502 e. The topological polar surface area (TPSA) is 36.1 Å². The number of halogens is 4. The molecule has 0 fully saturated rings. The molecule has 0 atom stereocenters. The summed E-state index contributed by atoms with van der Waals surface area (Å²) in [5.74, 6) is -2.59. The number of aliphatic hydroxyl groups excluding tert-OH is 1. The number of hydrogen-bond donors (Lipinski definition) is 2. The summed E-state index contributed by atoms with van der Waals surface area (Å²) in [5.41, 5.74) is 1.34. The molecule has 0 bridgehead atoms. The van der Waals surface area contributed by atoms with Gasteiger partial charge in [-0.2, -0.15) is 13.3 Å². The standard InChI is InChI=1S/C21H14Cl2F2N2OS2/c22-16-9-4-13(12-17(16)23)19(28)18(27-10-2-1-3-11-27)20(29)26-14-5-7-15(8-6-14)30-21(24)25/h1-12,21H,(H-,26,28,29)/p+1. The van der Waals surface area contributed by atoms with Crippen LogP contribution in [0.5, 0.6) is 0 Å². The lowest BCUT2D eigenvalue weighted by Crippen LogP contribution is -2.38. The second-order valence-electron chi connectivity index (χ2n) is 5.97. The van der Waals surface area contributed by atoms with E-state index in [0.717, 1.165) is 0 Å². The van der Waals surface area contributed by atoms with E-state index in [2.05, 4.69) is 5.32 Å². The lowest BCUT2D eigenvalue weighted by Gasteiger charge is -2.11. The molecule has 3 rings (SSSR count). The molecular weight excluding hydrogens is 469 g/mol. The third-order valence-corrected chi connectivity index (χ3v) is 5.70. The lowest BCUT2D eigenvalue weighted by molar-refractivity contribution is -0.575. The van der Waals surface area contributed by atoms with Crippen molar-refractivity contribution in [2.75, 3.05) is 5.32 Å². The van der Waals surface area contributed by atoms with E-state index < -0.39 is 5.76 Å². The molecule has 0 amide bonds. The maximum atomic E-state index is 12.5. The predicted octanol–water partition coefficient (Wildman–Crippen LogP) is 6.92. The summed E-state index contributed by atoms with van der Waals surface area (Å²) in [5, 5.41) is 14.7. The second-order valence-corrected chi connectivity index (χ2v) is 8.25. The third kappa shape index (κ3) is 5.70. The SMILES string of the molecule is O/C(=C(\C(=S)Nc1ccc(SC(F)F)cc1)[n+]1ccccc1)c1ccc(Cl)c(Cl)c1. The van der Waals surface area contributed by atoms with E-state index in [9.17, 15) is 13.9 Å². The van der Waals surface area contributed by atoms with Crippen LogP contribution in [0.3, 0.4) is 0 Å². The summed E-state index contributed by atoms with van der Waals surface area (Å²) in [6, 6.07) is 16.6. The van der Waals surface area contributed by atoms with Crippen LogP contribution in [-0.4, -0.2) is 15.9 Å². The van der Waals surface area contributed by atoms with Crippen LogP contribution >= 0.6 is 47.2 Å². The average molecular weight is 484 g/mol. The first kappa shape index (κ1) is 22.5. The summed E-state index contributed by atoms with van der Waals surface area (Å²) in [6.07, 6.45) is 3.47. The van der Waals surface area contributed by atoms with Crippen molar-refractivity contribution in [3.8, 4) is 0 Å². The normalized spacial score (nSPS) is 11.9. The number of rotatable bonds is 6. The first-order valence-corrected chi connectivity index (χ1v) is 10.6. The number of pyridine rings is 1. The molecule has 2 N–H and O–H groups in total. The van der Waals surface area contributed by atoms with E-state index in [-0.39, 0.29) is 10.7 Å². The highest BCUT2D eigenvalue weighted by atomic mass is 35.5. The molecule has 2 aromatic carbocycles. The number of aliphatic hydroxyl groups is 1. The Morgan fingerprint density at radius 3 is 2.27 bits per heavy atom. The van der Waals surface area contributed by atoms with Gasteiger partial charge in [-0.1, -0.05) is 53.2 Å². The molecule has 0 aliphatic carbocycles. The molecule has 1 aromatic heterocycles. The Morgan fingerprint density at radius 2 is 1.67 bits per heavy atom. The van der Waals surface area contributed by atoms with Crippen molar-refractivity contribution in [3.05, 3.63) is 88.7 Å². The molecule has 154 valence electrons. The summed E-state index contributed by atoms with van der Waals surface area (Å²) in [6.45, 7) is 0. The molecule has 0 aliphatic rings. The fourth-order valence-corrected chi connectivity index (χ4v) is 3.70. The van der Waals surface area contributed by atoms with Crippen LogP contribution in [0.15, 0.2) is 78.0 Å². The maximum absolute atomic E-state index is 12.5.